The van der Waals surface area contributed by atoms with Gasteiger partial charge in [-0.25, -0.2) is 23.7 Å². The van der Waals surface area contributed by atoms with Gasteiger partial charge in [0, 0.05) is 42.3 Å². The molecule has 0 fully saturated rings. The van der Waals surface area contributed by atoms with E-state index in [2.05, 4.69) is 31.6 Å². The highest BCUT2D eigenvalue weighted by atomic mass is 19.1. The predicted octanol–water partition coefficient (Wildman–Crippen LogP) is 4.33. The van der Waals surface area contributed by atoms with Crippen LogP contribution in [0, 0.1) is 5.82 Å². The molecule has 1 unspecified atom stereocenters. The second kappa shape index (κ2) is 8.64. The number of nitrogens with one attached hydrogen (secondary N) is 1. The van der Waals surface area contributed by atoms with E-state index in [0.717, 1.165) is 6.08 Å². The van der Waals surface area contributed by atoms with Crippen molar-refractivity contribution in [3.05, 3.63) is 78.6 Å². The lowest BCUT2D eigenvalue weighted by atomic mass is 9.91. The van der Waals surface area contributed by atoms with Crippen molar-refractivity contribution in [2.45, 2.75) is 19.4 Å². The van der Waals surface area contributed by atoms with Crippen molar-refractivity contribution in [3.8, 4) is 22.4 Å². The molecule has 4 heterocycles. The average Bonchev–Trinajstić information content (AvgIpc) is 3.40. The van der Waals surface area contributed by atoms with Crippen LogP contribution in [-0.2, 0) is 12.6 Å². The zero-order chi connectivity index (χ0) is 24.6. The van der Waals surface area contributed by atoms with Crippen LogP contribution in [-0.4, -0.2) is 34.8 Å². The summed E-state index contributed by atoms with van der Waals surface area (Å²) in [5.74, 6) is -1.24. The van der Waals surface area contributed by atoms with E-state index in [0.29, 0.717) is 16.8 Å². The van der Waals surface area contributed by atoms with Gasteiger partial charge in [-0.2, -0.15) is 5.10 Å². The summed E-state index contributed by atoms with van der Waals surface area (Å²) in [4.78, 5) is 15.6. The molecule has 0 aliphatic rings. The van der Waals surface area contributed by atoms with E-state index in [4.69, 9.17) is 5.73 Å². The number of pyridine rings is 1. The van der Waals surface area contributed by atoms with Crippen LogP contribution in [0.5, 0.6) is 0 Å². The van der Waals surface area contributed by atoms with Crippen LogP contribution in [0.4, 0.5) is 14.7 Å². The van der Waals surface area contributed by atoms with Gasteiger partial charge in [0.05, 0.1) is 23.0 Å². The third-order valence-electron chi connectivity index (χ3n) is 5.44. The molecule has 0 aliphatic heterocycles. The van der Waals surface area contributed by atoms with Crippen molar-refractivity contribution in [2.75, 3.05) is 5.73 Å². The van der Waals surface area contributed by atoms with Crippen LogP contribution in [0.3, 0.4) is 0 Å². The summed E-state index contributed by atoms with van der Waals surface area (Å²) in [5.41, 5.74) is 6.06. The van der Waals surface area contributed by atoms with Crippen LogP contribution < -0.4 is 5.73 Å². The van der Waals surface area contributed by atoms with Crippen molar-refractivity contribution >= 4 is 17.0 Å². The molecular formula is C24H23F2N7O. The number of hydrogen-bond acceptors (Lipinski definition) is 6. The molecule has 0 radical (unpaired) electrons. The number of nitrogens with zero attached hydrogens (tertiary/aromatic N) is 5. The molecule has 0 aliphatic carbocycles. The van der Waals surface area contributed by atoms with Crippen LogP contribution in [0.15, 0.2) is 67.1 Å². The molecule has 0 bridgehead atoms. The number of aryl methyl sites for hydroxylation is 1. The number of rotatable bonds is 6. The summed E-state index contributed by atoms with van der Waals surface area (Å²) < 4.78 is 31.2. The minimum atomic E-state index is -1.77. The molecule has 0 amide bonds. The highest BCUT2D eigenvalue weighted by Crippen LogP contribution is 2.36. The lowest BCUT2D eigenvalue weighted by molar-refractivity contribution is 0.0969. The Morgan fingerprint density at radius 2 is 2.06 bits per heavy atom. The van der Waals surface area contributed by atoms with E-state index < -0.39 is 17.2 Å². The highest BCUT2D eigenvalue weighted by molar-refractivity contribution is 5.95. The van der Waals surface area contributed by atoms with Gasteiger partial charge in [-0.15, -0.1) is 0 Å². The minimum absolute atomic E-state index is 0.0535. The number of halogens is 2. The summed E-state index contributed by atoms with van der Waals surface area (Å²) in [6.45, 7) is 6.85. The molecule has 4 rings (SSSR count). The average molecular weight is 463 g/mol. The number of nitrogen functional groups attached to an aromatic ring is 1. The molecule has 0 spiro atoms. The smallest absolute Gasteiger partial charge is 0.220 e. The van der Waals surface area contributed by atoms with Gasteiger partial charge in [0.15, 0.2) is 0 Å². The molecule has 0 saturated carbocycles. The number of aromatic nitrogens is 6. The molecular weight excluding hydrogens is 440 g/mol. The monoisotopic (exact) mass is 463 g/mol. The fourth-order valence-corrected chi connectivity index (χ4v) is 3.55. The number of aromatic amines is 1. The maximum atomic E-state index is 15.6. The predicted molar refractivity (Wildman–Crippen MR) is 126 cm³/mol. The first kappa shape index (κ1) is 23.0. The van der Waals surface area contributed by atoms with E-state index in [1.807, 2.05) is 0 Å². The number of hydrogen-bond donors (Lipinski definition) is 3. The van der Waals surface area contributed by atoms with Crippen LogP contribution in [0.2, 0.25) is 0 Å². The fraction of sp³-hybridized carbons (Fsp3) is 0.167. The number of anilines is 1. The number of aliphatic hydroxyl groups is 1. The Balaban J connectivity index is 1.84. The molecule has 4 N–H and O–H groups in total. The van der Waals surface area contributed by atoms with Gasteiger partial charge < -0.3 is 15.8 Å². The molecule has 0 aromatic carbocycles. The molecule has 34 heavy (non-hydrogen) atoms. The third-order valence-corrected chi connectivity index (χ3v) is 5.44. The Morgan fingerprint density at radius 1 is 1.29 bits per heavy atom. The Labute approximate surface area is 194 Å². The molecule has 0 saturated heterocycles. The zero-order valence-electron chi connectivity index (χ0n) is 18.8. The Hall–Kier alpha value is -4.18. The Morgan fingerprint density at radius 3 is 2.74 bits per heavy atom. The van der Waals surface area contributed by atoms with Crippen LogP contribution in [0.1, 0.15) is 19.5 Å². The first-order valence-electron chi connectivity index (χ1n) is 10.3. The lowest BCUT2D eigenvalue weighted by Crippen LogP contribution is -2.25. The SMILES string of the molecule is C=C(C=C(F)C=CC)C(C)(O)c1cc(-c2c[nH]c3ncc(-c4cnn(C)c4)c(F)c23)nc(N)n1. The highest BCUT2D eigenvalue weighted by Gasteiger charge is 2.29. The normalized spacial score (nSPS) is 14.1. The zero-order valence-corrected chi connectivity index (χ0v) is 18.8. The lowest BCUT2D eigenvalue weighted by Gasteiger charge is -2.24. The van der Waals surface area contributed by atoms with Crippen LogP contribution >= 0.6 is 0 Å². The number of fused-ring (bicyclic) bond motifs is 1. The summed E-state index contributed by atoms with van der Waals surface area (Å²) in [7, 11) is 1.74. The molecule has 1 atom stereocenters. The number of allylic oxidation sites excluding steroid dienone is 3. The summed E-state index contributed by atoms with van der Waals surface area (Å²) in [6.07, 6.45) is 10.1. The first-order chi connectivity index (χ1) is 16.1. The van der Waals surface area contributed by atoms with Crippen LogP contribution in [0.25, 0.3) is 33.4 Å². The minimum Gasteiger partial charge on any atom is -0.379 e. The summed E-state index contributed by atoms with van der Waals surface area (Å²) >= 11 is 0. The van der Waals surface area contributed by atoms with E-state index in [1.54, 1.807) is 37.2 Å². The van der Waals surface area contributed by atoms with Gasteiger partial charge in [-0.3, -0.25) is 4.68 Å². The largest absolute Gasteiger partial charge is 0.379 e. The van der Waals surface area contributed by atoms with E-state index >= 15 is 4.39 Å². The van der Waals surface area contributed by atoms with Crippen molar-refractivity contribution in [2.24, 2.45) is 7.05 Å². The maximum Gasteiger partial charge on any atom is 0.220 e. The van der Waals surface area contributed by atoms with Gasteiger partial charge in [0.2, 0.25) is 5.95 Å². The van der Waals surface area contributed by atoms with E-state index in [9.17, 15) is 9.50 Å². The Bertz CT molecular complexity index is 1460. The standard InChI is InChI=1S/C24H23F2N7O/c1-5-6-15(25)7-13(2)24(3,34)19-8-18(31-23(27)32-19)17-11-29-22-20(17)21(26)16(10-28-22)14-9-30-33(4)12-14/h5-12,34H,2H2,1,3-4H3,(H,28,29)(H2,27,31,32). The maximum absolute atomic E-state index is 15.6. The molecule has 10 heteroatoms. The molecule has 8 nitrogen and oxygen atoms in total. The fourth-order valence-electron chi connectivity index (χ4n) is 3.55. The second-order valence-electron chi connectivity index (χ2n) is 7.94. The van der Waals surface area contributed by atoms with Crippen molar-refractivity contribution in [1.82, 2.24) is 29.7 Å². The van der Waals surface area contributed by atoms with E-state index in [1.165, 1.54) is 31.3 Å². The van der Waals surface area contributed by atoms with Crippen molar-refractivity contribution in [1.29, 1.82) is 0 Å². The molecule has 174 valence electrons. The summed E-state index contributed by atoms with van der Waals surface area (Å²) in [5, 5.41) is 15.4. The van der Waals surface area contributed by atoms with E-state index in [-0.39, 0.29) is 33.9 Å². The third kappa shape index (κ3) is 4.11. The van der Waals surface area contributed by atoms with Gasteiger partial charge in [-0.05, 0) is 37.6 Å². The number of nitrogens with two attached hydrogens (primary N) is 1. The summed E-state index contributed by atoms with van der Waals surface area (Å²) in [6, 6.07) is 1.46. The van der Waals surface area contributed by atoms with Crippen molar-refractivity contribution < 1.29 is 13.9 Å². The topological polar surface area (TPSA) is 119 Å². The quantitative estimate of drug-likeness (QED) is 0.366. The van der Waals surface area contributed by atoms with Crippen molar-refractivity contribution in [3.63, 3.8) is 0 Å². The van der Waals surface area contributed by atoms with Gasteiger partial charge in [0.25, 0.3) is 0 Å². The first-order valence-corrected chi connectivity index (χ1v) is 10.3. The number of H-pyrrole nitrogens is 1. The van der Waals surface area contributed by atoms with Gasteiger partial charge in [0.1, 0.15) is 22.9 Å². The molecule has 4 aromatic heterocycles. The van der Waals surface area contributed by atoms with Gasteiger partial charge in [-0.1, -0.05) is 12.7 Å². The van der Waals surface area contributed by atoms with Gasteiger partial charge >= 0.3 is 0 Å². The second-order valence-corrected chi connectivity index (χ2v) is 7.94. The Kier molecular flexibility index (Phi) is 5.84. The molecule has 4 aromatic rings.